The van der Waals surface area contributed by atoms with Crippen LogP contribution in [0.15, 0.2) is 16.8 Å². The molecule has 0 saturated carbocycles. The van der Waals surface area contributed by atoms with Crippen LogP contribution in [0, 0.1) is 0 Å². The van der Waals surface area contributed by atoms with E-state index in [9.17, 15) is 0 Å². The van der Waals surface area contributed by atoms with Gasteiger partial charge in [-0.3, -0.25) is 4.90 Å². The molecule has 1 fully saturated rings. The van der Waals surface area contributed by atoms with Crippen molar-refractivity contribution < 1.29 is 9.26 Å². The van der Waals surface area contributed by atoms with Crippen LogP contribution < -0.4 is 5.32 Å². The Morgan fingerprint density at radius 1 is 1.59 bits per heavy atom. The van der Waals surface area contributed by atoms with Crippen molar-refractivity contribution in [3.63, 3.8) is 0 Å². The maximum Gasteiger partial charge on any atom is 0.150 e. The summed E-state index contributed by atoms with van der Waals surface area (Å²) >= 11 is 0. The Labute approximate surface area is 102 Å². The van der Waals surface area contributed by atoms with E-state index < -0.39 is 0 Å². The minimum atomic E-state index is 0.272. The van der Waals surface area contributed by atoms with E-state index >= 15 is 0 Å². The first-order chi connectivity index (χ1) is 8.25. The first-order valence-corrected chi connectivity index (χ1v) is 6.21. The molecule has 0 radical (unpaired) electrons. The third kappa shape index (κ3) is 3.80. The molecule has 96 valence electrons. The molecular formula is C12H21N3O2. The summed E-state index contributed by atoms with van der Waals surface area (Å²) in [6.45, 7) is 8.88. The van der Waals surface area contributed by atoms with Crippen molar-refractivity contribution in [1.82, 2.24) is 15.4 Å². The predicted molar refractivity (Wildman–Crippen MR) is 64.7 cm³/mol. The lowest BCUT2D eigenvalue weighted by atomic mass is 10.2. The molecule has 0 spiro atoms. The zero-order chi connectivity index (χ0) is 12.1. The fraction of sp³-hybridized carbons (Fsp3) is 0.750. The number of aromatic nitrogens is 1. The van der Waals surface area contributed by atoms with Gasteiger partial charge in [-0.15, -0.1) is 0 Å². The number of nitrogens with one attached hydrogen (secondary N) is 1. The van der Waals surface area contributed by atoms with Crippen LogP contribution in [-0.4, -0.2) is 48.4 Å². The highest BCUT2D eigenvalue weighted by molar-refractivity contribution is 4.92. The van der Waals surface area contributed by atoms with Crippen LogP contribution in [0.4, 0.5) is 0 Å². The highest BCUT2D eigenvalue weighted by Gasteiger charge is 2.21. The normalized spacial score (nSPS) is 22.2. The van der Waals surface area contributed by atoms with Gasteiger partial charge in [-0.05, 0) is 13.8 Å². The zero-order valence-corrected chi connectivity index (χ0v) is 10.6. The number of morpholine rings is 1. The van der Waals surface area contributed by atoms with E-state index in [0.717, 1.165) is 32.0 Å². The molecular weight excluding hydrogens is 218 g/mol. The van der Waals surface area contributed by atoms with Gasteiger partial charge in [0, 0.05) is 31.7 Å². The number of ether oxygens (including phenoxy) is 1. The van der Waals surface area contributed by atoms with Crippen LogP contribution in [0.3, 0.4) is 0 Å². The molecule has 0 aromatic carbocycles. The van der Waals surface area contributed by atoms with E-state index in [1.807, 2.05) is 6.07 Å². The van der Waals surface area contributed by atoms with Crippen LogP contribution in [0.25, 0.3) is 0 Å². The zero-order valence-electron chi connectivity index (χ0n) is 10.6. The largest absolute Gasteiger partial charge is 0.374 e. The first-order valence-electron chi connectivity index (χ1n) is 6.21. The van der Waals surface area contributed by atoms with Crippen LogP contribution in [-0.2, 0) is 11.3 Å². The van der Waals surface area contributed by atoms with Crippen LogP contribution in [0.5, 0.6) is 0 Å². The van der Waals surface area contributed by atoms with E-state index in [2.05, 4.69) is 29.2 Å². The minimum absolute atomic E-state index is 0.272. The van der Waals surface area contributed by atoms with Crippen LogP contribution in [0.1, 0.15) is 19.6 Å². The lowest BCUT2D eigenvalue weighted by Gasteiger charge is -2.35. The summed E-state index contributed by atoms with van der Waals surface area (Å²) in [6.07, 6.45) is 1.93. The summed E-state index contributed by atoms with van der Waals surface area (Å²) in [7, 11) is 0. The maximum atomic E-state index is 5.73. The topological polar surface area (TPSA) is 50.5 Å². The molecule has 1 saturated heterocycles. The summed E-state index contributed by atoms with van der Waals surface area (Å²) in [5.41, 5.74) is 0. The standard InChI is InChI=1S/C12H21N3O2/c1-10(2)15-5-6-16-12(9-15)8-13-7-11-3-4-14-17-11/h3-4,10,12-13H,5-9H2,1-2H3. The molecule has 17 heavy (non-hydrogen) atoms. The quantitative estimate of drug-likeness (QED) is 0.826. The van der Waals surface area contributed by atoms with Crippen molar-refractivity contribution in [3.05, 3.63) is 18.0 Å². The Morgan fingerprint density at radius 2 is 2.47 bits per heavy atom. The molecule has 0 aliphatic carbocycles. The van der Waals surface area contributed by atoms with E-state index in [1.54, 1.807) is 6.20 Å². The Morgan fingerprint density at radius 3 is 3.18 bits per heavy atom. The molecule has 0 amide bonds. The lowest BCUT2D eigenvalue weighted by Crippen LogP contribution is -2.48. The van der Waals surface area contributed by atoms with Crippen LogP contribution >= 0.6 is 0 Å². The first kappa shape index (κ1) is 12.5. The Hall–Kier alpha value is -0.910. The summed E-state index contributed by atoms with van der Waals surface area (Å²) in [4.78, 5) is 2.45. The van der Waals surface area contributed by atoms with Gasteiger partial charge in [0.2, 0.25) is 0 Å². The Kier molecular flexibility index (Phi) is 4.53. The van der Waals surface area contributed by atoms with Crippen molar-refractivity contribution in [1.29, 1.82) is 0 Å². The molecule has 0 bridgehead atoms. The van der Waals surface area contributed by atoms with Gasteiger partial charge < -0.3 is 14.6 Å². The molecule has 1 N–H and O–H groups in total. The summed E-state index contributed by atoms with van der Waals surface area (Å²) in [5, 5.41) is 7.00. The maximum absolute atomic E-state index is 5.73. The summed E-state index contributed by atoms with van der Waals surface area (Å²) in [5.74, 6) is 0.863. The Bertz CT molecular complexity index is 314. The summed E-state index contributed by atoms with van der Waals surface area (Å²) < 4.78 is 10.7. The molecule has 2 rings (SSSR count). The van der Waals surface area contributed by atoms with Crippen molar-refractivity contribution >= 4 is 0 Å². The monoisotopic (exact) mass is 239 g/mol. The van der Waals surface area contributed by atoms with Gasteiger partial charge in [0.25, 0.3) is 0 Å². The fourth-order valence-electron chi connectivity index (χ4n) is 2.02. The SMILES string of the molecule is CC(C)N1CCOC(CNCc2ccno2)C1. The van der Waals surface area contributed by atoms with E-state index in [4.69, 9.17) is 9.26 Å². The van der Waals surface area contributed by atoms with Crippen LogP contribution in [0.2, 0.25) is 0 Å². The Balaban J connectivity index is 1.68. The van der Waals surface area contributed by atoms with Gasteiger partial charge in [-0.25, -0.2) is 0 Å². The molecule has 1 aromatic heterocycles. The van der Waals surface area contributed by atoms with Gasteiger partial charge in [0.15, 0.2) is 0 Å². The van der Waals surface area contributed by atoms with Gasteiger partial charge >= 0.3 is 0 Å². The van der Waals surface area contributed by atoms with Crippen molar-refractivity contribution in [2.75, 3.05) is 26.2 Å². The van der Waals surface area contributed by atoms with Gasteiger partial charge in [0.1, 0.15) is 5.76 Å². The molecule has 1 aromatic rings. The second kappa shape index (κ2) is 6.14. The molecule has 1 aliphatic rings. The lowest BCUT2D eigenvalue weighted by molar-refractivity contribution is -0.0374. The van der Waals surface area contributed by atoms with Gasteiger partial charge in [-0.1, -0.05) is 5.16 Å². The van der Waals surface area contributed by atoms with Gasteiger partial charge in [-0.2, -0.15) is 0 Å². The van der Waals surface area contributed by atoms with Crippen molar-refractivity contribution in [2.24, 2.45) is 0 Å². The highest BCUT2D eigenvalue weighted by Crippen LogP contribution is 2.08. The smallest absolute Gasteiger partial charge is 0.150 e. The average molecular weight is 239 g/mol. The molecule has 2 heterocycles. The van der Waals surface area contributed by atoms with E-state index in [-0.39, 0.29) is 6.10 Å². The van der Waals surface area contributed by atoms with E-state index in [1.165, 1.54) is 0 Å². The third-order valence-electron chi connectivity index (χ3n) is 3.06. The van der Waals surface area contributed by atoms with Crippen molar-refractivity contribution in [3.8, 4) is 0 Å². The second-order valence-corrected chi connectivity index (χ2v) is 4.69. The van der Waals surface area contributed by atoms with E-state index in [0.29, 0.717) is 12.6 Å². The molecule has 1 atom stereocenters. The number of rotatable bonds is 5. The average Bonchev–Trinajstić information content (AvgIpc) is 2.82. The number of hydrogen-bond donors (Lipinski definition) is 1. The molecule has 1 unspecified atom stereocenters. The second-order valence-electron chi connectivity index (χ2n) is 4.69. The van der Waals surface area contributed by atoms with Gasteiger partial charge in [0.05, 0.1) is 25.5 Å². The van der Waals surface area contributed by atoms with Crippen molar-refractivity contribution in [2.45, 2.75) is 32.5 Å². The summed E-state index contributed by atoms with van der Waals surface area (Å²) in [6, 6.07) is 2.46. The number of nitrogens with zero attached hydrogens (tertiary/aromatic N) is 2. The fourth-order valence-corrected chi connectivity index (χ4v) is 2.02. The highest BCUT2D eigenvalue weighted by atomic mass is 16.5. The minimum Gasteiger partial charge on any atom is -0.374 e. The predicted octanol–water partition coefficient (Wildman–Crippen LogP) is 0.873. The molecule has 5 heteroatoms. The molecule has 1 aliphatic heterocycles. The third-order valence-corrected chi connectivity index (χ3v) is 3.06. The number of hydrogen-bond acceptors (Lipinski definition) is 5. The molecule has 5 nitrogen and oxygen atoms in total.